The Morgan fingerprint density at radius 2 is 2.00 bits per heavy atom. The fraction of sp³-hybridized carbons (Fsp3) is 0.474. The number of furan rings is 1. The molecule has 2 saturated heterocycles. The Morgan fingerprint density at radius 1 is 1.24 bits per heavy atom. The molecule has 0 N–H and O–H groups in total. The molecule has 6 heteroatoms. The van der Waals surface area contributed by atoms with Crippen molar-refractivity contribution in [2.24, 2.45) is 0 Å². The smallest absolute Gasteiger partial charge is 0.289 e. The number of aromatic nitrogens is 1. The number of piperidine rings is 1. The summed E-state index contributed by atoms with van der Waals surface area (Å²) in [6, 6.07) is 8.38. The van der Waals surface area contributed by atoms with Crippen LogP contribution in [0.2, 0.25) is 0 Å². The summed E-state index contributed by atoms with van der Waals surface area (Å²) in [5, 5.41) is 0. The highest BCUT2D eigenvalue weighted by molar-refractivity contribution is 5.91. The van der Waals surface area contributed by atoms with E-state index >= 15 is 0 Å². The van der Waals surface area contributed by atoms with E-state index in [1.807, 2.05) is 17.3 Å². The van der Waals surface area contributed by atoms with Crippen LogP contribution in [0.4, 0.5) is 0 Å². The van der Waals surface area contributed by atoms with Gasteiger partial charge in [-0.3, -0.25) is 14.7 Å². The standard InChI is InChI=1S/C19H23N3O3/c1-24-17-13-22(18(17)14-4-8-20-9-5-14)15-6-10-21(11-7-15)19(23)16-3-2-12-25-16/h2-5,8-9,12,15,17-18H,6-7,10-11,13H2,1H3/t17-,18-/m0/s1. The van der Waals surface area contributed by atoms with Gasteiger partial charge in [-0.25, -0.2) is 0 Å². The number of hydrogen-bond acceptors (Lipinski definition) is 5. The number of likely N-dealkylation sites (tertiary alicyclic amines) is 2. The Hall–Kier alpha value is -2.18. The van der Waals surface area contributed by atoms with Gasteiger partial charge in [0.15, 0.2) is 5.76 Å². The third-order valence-electron chi connectivity index (χ3n) is 5.40. The van der Waals surface area contributed by atoms with Gasteiger partial charge in [-0.15, -0.1) is 0 Å². The van der Waals surface area contributed by atoms with Crippen molar-refractivity contribution in [2.75, 3.05) is 26.7 Å². The Morgan fingerprint density at radius 3 is 2.64 bits per heavy atom. The summed E-state index contributed by atoms with van der Waals surface area (Å²) in [5.41, 5.74) is 1.25. The van der Waals surface area contributed by atoms with Gasteiger partial charge in [-0.05, 0) is 42.7 Å². The van der Waals surface area contributed by atoms with Crippen molar-refractivity contribution in [3.8, 4) is 0 Å². The minimum absolute atomic E-state index is 0.00693. The number of nitrogens with zero attached hydrogens (tertiary/aromatic N) is 3. The minimum atomic E-state index is -0.00693. The van der Waals surface area contributed by atoms with Gasteiger partial charge in [0.1, 0.15) is 0 Å². The molecule has 0 aliphatic carbocycles. The van der Waals surface area contributed by atoms with E-state index in [1.165, 1.54) is 5.56 Å². The number of pyridine rings is 1. The maximum atomic E-state index is 12.4. The molecule has 0 unspecified atom stereocenters. The number of carbonyl (C=O) groups excluding carboxylic acids is 1. The minimum Gasteiger partial charge on any atom is -0.459 e. The molecule has 2 aromatic heterocycles. The average molecular weight is 341 g/mol. The third kappa shape index (κ3) is 3.07. The van der Waals surface area contributed by atoms with Crippen molar-refractivity contribution >= 4 is 5.91 Å². The fourth-order valence-corrected chi connectivity index (χ4v) is 4.00. The number of rotatable bonds is 4. The fourth-order valence-electron chi connectivity index (χ4n) is 4.00. The summed E-state index contributed by atoms with van der Waals surface area (Å²) in [7, 11) is 1.78. The normalized spacial score (nSPS) is 24.9. The third-order valence-corrected chi connectivity index (χ3v) is 5.40. The van der Waals surface area contributed by atoms with Crippen LogP contribution in [0.25, 0.3) is 0 Å². The monoisotopic (exact) mass is 341 g/mol. The molecule has 132 valence electrons. The molecule has 6 nitrogen and oxygen atoms in total. The van der Waals surface area contributed by atoms with Crippen LogP contribution in [0, 0.1) is 0 Å². The van der Waals surface area contributed by atoms with E-state index in [0.717, 1.165) is 32.5 Å². The SMILES string of the molecule is CO[C@H]1CN(C2CCN(C(=O)c3ccco3)CC2)[C@H]1c1ccncc1. The van der Waals surface area contributed by atoms with Crippen LogP contribution in [0.1, 0.15) is 35.0 Å². The van der Waals surface area contributed by atoms with E-state index < -0.39 is 0 Å². The predicted molar refractivity (Wildman–Crippen MR) is 92.1 cm³/mol. The van der Waals surface area contributed by atoms with Gasteiger partial charge in [-0.2, -0.15) is 0 Å². The van der Waals surface area contributed by atoms with E-state index in [-0.39, 0.29) is 18.1 Å². The number of amides is 1. The highest BCUT2D eigenvalue weighted by Crippen LogP contribution is 2.39. The lowest BCUT2D eigenvalue weighted by Gasteiger charge is -2.53. The van der Waals surface area contributed by atoms with Crippen molar-refractivity contribution in [1.82, 2.24) is 14.8 Å². The van der Waals surface area contributed by atoms with Gasteiger partial charge in [0.25, 0.3) is 5.91 Å². The molecule has 0 bridgehead atoms. The van der Waals surface area contributed by atoms with Crippen molar-refractivity contribution < 1.29 is 13.9 Å². The van der Waals surface area contributed by atoms with Gasteiger partial charge in [0, 0.05) is 45.2 Å². The molecular weight excluding hydrogens is 318 g/mol. The van der Waals surface area contributed by atoms with Gasteiger partial charge in [0.05, 0.1) is 18.4 Å². The first-order chi connectivity index (χ1) is 12.3. The second-order valence-electron chi connectivity index (χ2n) is 6.70. The van der Waals surface area contributed by atoms with E-state index in [1.54, 1.807) is 25.5 Å². The van der Waals surface area contributed by atoms with Gasteiger partial charge in [-0.1, -0.05) is 0 Å². The predicted octanol–water partition coefficient (Wildman–Crippen LogP) is 2.35. The first kappa shape index (κ1) is 16.3. The molecule has 0 radical (unpaired) electrons. The molecule has 2 aromatic rings. The van der Waals surface area contributed by atoms with Crippen LogP contribution in [0.5, 0.6) is 0 Å². The van der Waals surface area contributed by atoms with Gasteiger partial charge >= 0.3 is 0 Å². The Balaban J connectivity index is 1.40. The first-order valence-corrected chi connectivity index (χ1v) is 8.79. The highest BCUT2D eigenvalue weighted by atomic mass is 16.5. The van der Waals surface area contributed by atoms with Crippen molar-refractivity contribution in [2.45, 2.75) is 31.0 Å². The molecule has 0 spiro atoms. The molecule has 2 aliphatic rings. The van der Waals surface area contributed by atoms with Crippen LogP contribution in [0.15, 0.2) is 47.3 Å². The quantitative estimate of drug-likeness (QED) is 0.854. The Bertz CT molecular complexity index is 696. The molecule has 0 aromatic carbocycles. The lowest BCUT2D eigenvalue weighted by Crippen LogP contribution is -2.60. The van der Waals surface area contributed by atoms with Crippen molar-refractivity contribution in [3.63, 3.8) is 0 Å². The molecule has 25 heavy (non-hydrogen) atoms. The van der Waals surface area contributed by atoms with Gasteiger partial charge in [0.2, 0.25) is 0 Å². The zero-order chi connectivity index (χ0) is 17.2. The first-order valence-electron chi connectivity index (χ1n) is 8.79. The summed E-state index contributed by atoms with van der Waals surface area (Å²) in [4.78, 5) is 20.9. The van der Waals surface area contributed by atoms with Crippen LogP contribution < -0.4 is 0 Å². The average Bonchev–Trinajstić information content (AvgIpc) is 3.17. The molecule has 4 rings (SSSR count). The number of ether oxygens (including phenoxy) is 1. The number of carbonyl (C=O) groups is 1. The number of hydrogen-bond donors (Lipinski definition) is 0. The largest absolute Gasteiger partial charge is 0.459 e. The summed E-state index contributed by atoms with van der Waals surface area (Å²) < 4.78 is 10.9. The van der Waals surface area contributed by atoms with E-state index in [0.29, 0.717) is 11.8 Å². The van der Waals surface area contributed by atoms with E-state index in [9.17, 15) is 4.79 Å². The maximum absolute atomic E-state index is 12.4. The zero-order valence-electron chi connectivity index (χ0n) is 14.4. The zero-order valence-corrected chi connectivity index (χ0v) is 14.4. The van der Waals surface area contributed by atoms with Crippen molar-refractivity contribution in [3.05, 3.63) is 54.2 Å². The molecule has 2 aliphatic heterocycles. The molecule has 2 fully saturated rings. The van der Waals surface area contributed by atoms with Crippen LogP contribution >= 0.6 is 0 Å². The summed E-state index contributed by atoms with van der Waals surface area (Å²) in [6.07, 6.45) is 7.40. The second kappa shape index (κ2) is 6.98. The summed E-state index contributed by atoms with van der Waals surface area (Å²) >= 11 is 0. The Kier molecular flexibility index (Phi) is 4.55. The molecule has 4 heterocycles. The molecule has 0 saturated carbocycles. The lowest BCUT2D eigenvalue weighted by molar-refractivity contribution is -0.115. The lowest BCUT2D eigenvalue weighted by atomic mass is 9.87. The van der Waals surface area contributed by atoms with Crippen LogP contribution in [0.3, 0.4) is 0 Å². The van der Waals surface area contributed by atoms with Gasteiger partial charge < -0.3 is 14.1 Å². The van der Waals surface area contributed by atoms with E-state index in [2.05, 4.69) is 22.0 Å². The summed E-state index contributed by atoms with van der Waals surface area (Å²) in [6.45, 7) is 2.48. The van der Waals surface area contributed by atoms with Crippen molar-refractivity contribution in [1.29, 1.82) is 0 Å². The Labute approximate surface area is 147 Å². The maximum Gasteiger partial charge on any atom is 0.289 e. The van der Waals surface area contributed by atoms with Crippen LogP contribution in [-0.4, -0.2) is 59.6 Å². The molecule has 2 atom stereocenters. The number of methoxy groups -OCH3 is 1. The topological polar surface area (TPSA) is 58.8 Å². The molecule has 1 amide bonds. The van der Waals surface area contributed by atoms with Crippen LogP contribution in [-0.2, 0) is 4.74 Å². The summed E-state index contributed by atoms with van der Waals surface area (Å²) in [5.74, 6) is 0.420. The molecular formula is C19H23N3O3. The highest BCUT2D eigenvalue weighted by Gasteiger charge is 2.44. The van der Waals surface area contributed by atoms with E-state index in [4.69, 9.17) is 9.15 Å². The second-order valence-corrected chi connectivity index (χ2v) is 6.70.